The molecule has 1 aliphatic heterocycles. The van der Waals surface area contributed by atoms with E-state index in [9.17, 15) is 0 Å². The van der Waals surface area contributed by atoms with Crippen LogP contribution in [-0.2, 0) is 6.54 Å². The van der Waals surface area contributed by atoms with Crippen LogP contribution in [0, 0.1) is 13.8 Å². The van der Waals surface area contributed by atoms with Crippen molar-refractivity contribution < 1.29 is 0 Å². The maximum absolute atomic E-state index is 3.59. The molecule has 1 heterocycles. The monoisotopic (exact) mass is 223 g/mol. The predicted octanol–water partition coefficient (Wildman–Crippen LogP) is 3.50. The number of nitrogens with one attached hydrogen (secondary N) is 1. The molecule has 1 nitrogen and oxygen atoms in total. The average Bonchev–Trinajstić information content (AvgIpc) is 2.73. The Morgan fingerprint density at radius 1 is 0.941 bits per heavy atom. The molecule has 0 saturated carbocycles. The lowest BCUT2D eigenvalue weighted by Gasteiger charge is -2.13. The van der Waals surface area contributed by atoms with Crippen molar-refractivity contribution in [2.75, 3.05) is 0 Å². The molecule has 1 unspecified atom stereocenters. The Hall–Kier alpha value is -1.60. The standard InChI is InChI=1S/C16H17N/c1-11-3-6-13(7-4-11)16-15-8-5-12(2)9-14(15)10-17-16/h3-9,16-17H,10H2,1-2H3. The van der Waals surface area contributed by atoms with Crippen molar-refractivity contribution in [3.63, 3.8) is 0 Å². The van der Waals surface area contributed by atoms with Crippen LogP contribution < -0.4 is 5.32 Å². The van der Waals surface area contributed by atoms with E-state index in [1.165, 1.54) is 27.8 Å². The number of benzene rings is 2. The molecule has 1 aliphatic rings. The summed E-state index contributed by atoms with van der Waals surface area (Å²) in [6, 6.07) is 15.9. The topological polar surface area (TPSA) is 12.0 Å². The summed E-state index contributed by atoms with van der Waals surface area (Å²) in [5.41, 5.74) is 6.89. The first kappa shape index (κ1) is 10.5. The molecule has 0 aromatic heterocycles. The second kappa shape index (κ2) is 4.01. The van der Waals surface area contributed by atoms with E-state index in [1.54, 1.807) is 0 Å². The molecule has 0 bridgehead atoms. The Labute approximate surface area is 102 Å². The summed E-state index contributed by atoms with van der Waals surface area (Å²) in [6.07, 6.45) is 0. The zero-order chi connectivity index (χ0) is 11.8. The number of hydrogen-bond donors (Lipinski definition) is 1. The molecule has 1 atom stereocenters. The highest BCUT2D eigenvalue weighted by atomic mass is 14.9. The highest BCUT2D eigenvalue weighted by Gasteiger charge is 2.22. The average molecular weight is 223 g/mol. The van der Waals surface area contributed by atoms with Crippen LogP contribution in [0.1, 0.15) is 33.9 Å². The minimum Gasteiger partial charge on any atom is -0.302 e. The summed E-state index contributed by atoms with van der Waals surface area (Å²) in [5.74, 6) is 0. The summed E-state index contributed by atoms with van der Waals surface area (Å²) >= 11 is 0. The van der Waals surface area contributed by atoms with Gasteiger partial charge in [0.05, 0.1) is 6.04 Å². The molecule has 0 radical (unpaired) electrons. The van der Waals surface area contributed by atoms with Gasteiger partial charge in [0, 0.05) is 6.54 Å². The van der Waals surface area contributed by atoms with Gasteiger partial charge in [0.15, 0.2) is 0 Å². The van der Waals surface area contributed by atoms with Crippen LogP contribution in [0.15, 0.2) is 42.5 Å². The van der Waals surface area contributed by atoms with Gasteiger partial charge in [-0.2, -0.15) is 0 Å². The van der Waals surface area contributed by atoms with Crippen LogP contribution in [0.4, 0.5) is 0 Å². The zero-order valence-electron chi connectivity index (χ0n) is 10.3. The van der Waals surface area contributed by atoms with Gasteiger partial charge in [-0.25, -0.2) is 0 Å². The number of hydrogen-bond acceptors (Lipinski definition) is 1. The summed E-state index contributed by atoms with van der Waals surface area (Å²) < 4.78 is 0. The van der Waals surface area contributed by atoms with Crippen molar-refractivity contribution in [1.29, 1.82) is 0 Å². The largest absolute Gasteiger partial charge is 0.302 e. The highest BCUT2D eigenvalue weighted by Crippen LogP contribution is 2.31. The van der Waals surface area contributed by atoms with Gasteiger partial charge in [-0.05, 0) is 30.5 Å². The van der Waals surface area contributed by atoms with E-state index in [0.29, 0.717) is 6.04 Å². The van der Waals surface area contributed by atoms with Gasteiger partial charge in [0.1, 0.15) is 0 Å². The number of fused-ring (bicyclic) bond motifs is 1. The second-order valence-electron chi connectivity index (χ2n) is 4.93. The Morgan fingerprint density at radius 3 is 2.41 bits per heavy atom. The Bertz CT molecular complexity index is 540. The van der Waals surface area contributed by atoms with Gasteiger partial charge in [-0.15, -0.1) is 0 Å². The molecule has 0 amide bonds. The van der Waals surface area contributed by atoms with Crippen molar-refractivity contribution in [2.24, 2.45) is 0 Å². The van der Waals surface area contributed by atoms with Crippen LogP contribution in [0.25, 0.3) is 0 Å². The van der Waals surface area contributed by atoms with E-state index >= 15 is 0 Å². The highest BCUT2D eigenvalue weighted by molar-refractivity contribution is 5.43. The lowest BCUT2D eigenvalue weighted by atomic mass is 9.97. The number of rotatable bonds is 1. The van der Waals surface area contributed by atoms with E-state index < -0.39 is 0 Å². The normalized spacial score (nSPS) is 18.1. The molecule has 0 fully saturated rings. The first-order valence-electron chi connectivity index (χ1n) is 6.13. The van der Waals surface area contributed by atoms with Crippen LogP contribution in [0.2, 0.25) is 0 Å². The molecule has 2 aromatic rings. The molecule has 86 valence electrons. The molecule has 0 aliphatic carbocycles. The van der Waals surface area contributed by atoms with Gasteiger partial charge >= 0.3 is 0 Å². The van der Waals surface area contributed by atoms with Crippen LogP contribution >= 0.6 is 0 Å². The van der Waals surface area contributed by atoms with Crippen molar-refractivity contribution in [3.8, 4) is 0 Å². The first-order valence-corrected chi connectivity index (χ1v) is 6.13. The smallest absolute Gasteiger partial charge is 0.0582 e. The van der Waals surface area contributed by atoms with Gasteiger partial charge in [0.25, 0.3) is 0 Å². The van der Waals surface area contributed by atoms with Gasteiger partial charge < -0.3 is 5.32 Å². The van der Waals surface area contributed by atoms with Crippen molar-refractivity contribution >= 4 is 0 Å². The maximum Gasteiger partial charge on any atom is 0.0582 e. The molecule has 3 rings (SSSR count). The van der Waals surface area contributed by atoms with Crippen molar-refractivity contribution in [1.82, 2.24) is 5.32 Å². The molecule has 1 N–H and O–H groups in total. The van der Waals surface area contributed by atoms with Crippen LogP contribution in [0.3, 0.4) is 0 Å². The second-order valence-corrected chi connectivity index (χ2v) is 4.93. The summed E-state index contributed by atoms with van der Waals surface area (Å²) in [5, 5.41) is 3.59. The fourth-order valence-electron chi connectivity index (χ4n) is 2.55. The molecule has 17 heavy (non-hydrogen) atoms. The van der Waals surface area contributed by atoms with Gasteiger partial charge in [0.2, 0.25) is 0 Å². The van der Waals surface area contributed by atoms with E-state index in [0.717, 1.165) is 6.54 Å². The Kier molecular flexibility index (Phi) is 2.49. The first-order chi connectivity index (χ1) is 8.24. The molecule has 0 saturated heterocycles. The fraction of sp³-hybridized carbons (Fsp3) is 0.250. The van der Waals surface area contributed by atoms with E-state index in [-0.39, 0.29) is 0 Å². The van der Waals surface area contributed by atoms with Crippen LogP contribution in [0.5, 0.6) is 0 Å². The minimum atomic E-state index is 0.367. The lowest BCUT2D eigenvalue weighted by Crippen LogP contribution is -2.13. The fourth-order valence-corrected chi connectivity index (χ4v) is 2.55. The van der Waals surface area contributed by atoms with Gasteiger partial charge in [-0.3, -0.25) is 0 Å². The molecule has 1 heteroatoms. The summed E-state index contributed by atoms with van der Waals surface area (Å²) in [6.45, 7) is 5.26. The Morgan fingerprint density at radius 2 is 1.65 bits per heavy atom. The molecular formula is C16H17N. The Balaban J connectivity index is 2.01. The van der Waals surface area contributed by atoms with E-state index in [1.807, 2.05) is 0 Å². The molecular weight excluding hydrogens is 206 g/mol. The molecule has 0 spiro atoms. The van der Waals surface area contributed by atoms with Crippen molar-refractivity contribution in [2.45, 2.75) is 26.4 Å². The molecule has 2 aromatic carbocycles. The lowest BCUT2D eigenvalue weighted by molar-refractivity contribution is 0.667. The van der Waals surface area contributed by atoms with E-state index in [4.69, 9.17) is 0 Å². The number of aryl methyl sites for hydroxylation is 2. The van der Waals surface area contributed by atoms with Crippen LogP contribution in [-0.4, -0.2) is 0 Å². The third-order valence-electron chi connectivity index (χ3n) is 3.52. The third kappa shape index (κ3) is 1.87. The third-order valence-corrected chi connectivity index (χ3v) is 3.52. The van der Waals surface area contributed by atoms with E-state index in [2.05, 4.69) is 61.6 Å². The quantitative estimate of drug-likeness (QED) is 0.780. The van der Waals surface area contributed by atoms with Crippen molar-refractivity contribution in [3.05, 3.63) is 70.3 Å². The maximum atomic E-state index is 3.59. The predicted molar refractivity (Wildman–Crippen MR) is 71.0 cm³/mol. The summed E-state index contributed by atoms with van der Waals surface area (Å²) in [4.78, 5) is 0. The minimum absolute atomic E-state index is 0.367. The zero-order valence-corrected chi connectivity index (χ0v) is 10.3. The SMILES string of the molecule is Cc1ccc(C2NCc3cc(C)ccc32)cc1. The summed E-state index contributed by atoms with van der Waals surface area (Å²) in [7, 11) is 0. The van der Waals surface area contributed by atoms with Gasteiger partial charge in [-0.1, -0.05) is 53.6 Å².